The molecule has 6 heteroatoms. The number of methoxy groups -OCH3 is 2. The predicted octanol–water partition coefficient (Wildman–Crippen LogP) is 1.96. The smallest absolute Gasteiger partial charge is 0.261 e. The number of amides is 1. The molecule has 0 aliphatic carbocycles. The molecule has 1 heterocycles. The summed E-state index contributed by atoms with van der Waals surface area (Å²) in [6.07, 6.45) is 3.08. The van der Waals surface area contributed by atoms with Gasteiger partial charge in [-0.3, -0.25) is 9.78 Å². The van der Waals surface area contributed by atoms with E-state index in [-0.39, 0.29) is 5.91 Å². The van der Waals surface area contributed by atoms with Crippen molar-refractivity contribution >= 4 is 17.3 Å². The van der Waals surface area contributed by atoms with Crippen LogP contribution in [0.1, 0.15) is 10.4 Å². The third kappa shape index (κ3) is 2.89. The molecule has 110 valence electrons. The first kappa shape index (κ1) is 14.6. The van der Waals surface area contributed by atoms with Gasteiger partial charge in [0.25, 0.3) is 5.91 Å². The van der Waals surface area contributed by atoms with Crippen LogP contribution in [0.2, 0.25) is 0 Å². The van der Waals surface area contributed by atoms with E-state index >= 15 is 0 Å². The van der Waals surface area contributed by atoms with Gasteiger partial charge in [-0.25, -0.2) is 0 Å². The van der Waals surface area contributed by atoms with Gasteiger partial charge >= 0.3 is 0 Å². The zero-order chi connectivity index (χ0) is 15.4. The molecule has 0 radical (unpaired) electrons. The molecule has 2 aromatic rings. The lowest BCUT2D eigenvalue weighted by Gasteiger charge is -2.20. The van der Waals surface area contributed by atoms with E-state index < -0.39 is 0 Å². The molecule has 2 N–H and O–H groups in total. The highest BCUT2D eigenvalue weighted by Crippen LogP contribution is 2.28. The van der Waals surface area contributed by atoms with E-state index in [0.29, 0.717) is 28.4 Å². The molecule has 1 aromatic carbocycles. The minimum Gasteiger partial charge on any atom is -0.497 e. The predicted molar refractivity (Wildman–Crippen MR) is 80.9 cm³/mol. The number of rotatable bonds is 4. The van der Waals surface area contributed by atoms with Gasteiger partial charge < -0.3 is 20.1 Å². The van der Waals surface area contributed by atoms with E-state index in [1.54, 1.807) is 44.6 Å². The van der Waals surface area contributed by atoms with Crippen molar-refractivity contribution < 1.29 is 14.3 Å². The van der Waals surface area contributed by atoms with E-state index in [1.807, 2.05) is 0 Å². The molecule has 0 saturated carbocycles. The molecule has 21 heavy (non-hydrogen) atoms. The van der Waals surface area contributed by atoms with Gasteiger partial charge in [0, 0.05) is 13.2 Å². The molecule has 0 aliphatic rings. The molecule has 0 atom stereocenters. The van der Waals surface area contributed by atoms with E-state index in [9.17, 15) is 4.79 Å². The Bertz CT molecular complexity index is 658. The minimum absolute atomic E-state index is 0.247. The van der Waals surface area contributed by atoms with Crippen molar-refractivity contribution in [2.75, 3.05) is 31.9 Å². The number of anilines is 2. The number of pyridine rings is 1. The van der Waals surface area contributed by atoms with Crippen LogP contribution in [0.3, 0.4) is 0 Å². The van der Waals surface area contributed by atoms with E-state index in [0.717, 1.165) is 0 Å². The molecule has 2 rings (SSSR count). The first-order valence-electron chi connectivity index (χ1n) is 6.28. The van der Waals surface area contributed by atoms with Gasteiger partial charge in [0.05, 0.1) is 37.4 Å². The third-order valence-corrected chi connectivity index (χ3v) is 3.13. The Kier molecular flexibility index (Phi) is 4.27. The summed E-state index contributed by atoms with van der Waals surface area (Å²) < 4.78 is 10.4. The van der Waals surface area contributed by atoms with Crippen molar-refractivity contribution in [3.63, 3.8) is 0 Å². The molecule has 1 aromatic heterocycles. The Morgan fingerprint density at radius 1 is 1.24 bits per heavy atom. The van der Waals surface area contributed by atoms with Gasteiger partial charge in [-0.2, -0.15) is 0 Å². The summed E-state index contributed by atoms with van der Waals surface area (Å²) in [7, 11) is 4.70. The van der Waals surface area contributed by atoms with Crippen LogP contribution >= 0.6 is 0 Å². The first-order valence-corrected chi connectivity index (χ1v) is 6.28. The molecule has 0 fully saturated rings. The van der Waals surface area contributed by atoms with Crippen LogP contribution in [0.25, 0.3) is 0 Å². The van der Waals surface area contributed by atoms with E-state index in [1.165, 1.54) is 18.2 Å². The summed E-state index contributed by atoms with van der Waals surface area (Å²) in [5.41, 5.74) is 7.26. The Labute approximate surface area is 123 Å². The van der Waals surface area contributed by atoms with Gasteiger partial charge in [0.15, 0.2) is 0 Å². The molecular formula is C15H17N3O3. The fourth-order valence-electron chi connectivity index (χ4n) is 1.98. The van der Waals surface area contributed by atoms with Crippen molar-refractivity contribution in [2.24, 2.45) is 0 Å². The summed E-state index contributed by atoms with van der Waals surface area (Å²) in [5.74, 6) is 0.805. The molecule has 0 unspecified atom stereocenters. The number of benzene rings is 1. The summed E-state index contributed by atoms with van der Waals surface area (Å²) in [6.45, 7) is 0. The van der Waals surface area contributed by atoms with Crippen molar-refractivity contribution in [3.05, 3.63) is 42.2 Å². The summed E-state index contributed by atoms with van der Waals surface area (Å²) >= 11 is 0. The largest absolute Gasteiger partial charge is 0.497 e. The topological polar surface area (TPSA) is 77.7 Å². The van der Waals surface area contributed by atoms with Crippen molar-refractivity contribution in [2.45, 2.75) is 0 Å². The lowest BCUT2D eigenvalue weighted by atomic mass is 10.1. The first-order chi connectivity index (χ1) is 10.1. The van der Waals surface area contributed by atoms with E-state index in [2.05, 4.69) is 4.98 Å². The van der Waals surface area contributed by atoms with Gasteiger partial charge in [0.1, 0.15) is 11.5 Å². The van der Waals surface area contributed by atoms with Gasteiger partial charge in [-0.1, -0.05) is 0 Å². The molecule has 0 bridgehead atoms. The van der Waals surface area contributed by atoms with Gasteiger partial charge in [-0.15, -0.1) is 0 Å². The van der Waals surface area contributed by atoms with Crippen molar-refractivity contribution in [1.82, 2.24) is 4.98 Å². The maximum atomic E-state index is 12.7. The monoisotopic (exact) mass is 287 g/mol. The molecule has 6 nitrogen and oxygen atoms in total. The average Bonchev–Trinajstić information content (AvgIpc) is 2.53. The summed E-state index contributed by atoms with van der Waals surface area (Å²) in [6, 6.07) is 6.74. The summed E-state index contributed by atoms with van der Waals surface area (Å²) in [5, 5.41) is 0. The number of nitrogens with two attached hydrogens (primary N) is 1. The Morgan fingerprint density at radius 2 is 2.00 bits per heavy atom. The maximum absolute atomic E-state index is 12.7. The third-order valence-electron chi connectivity index (χ3n) is 3.13. The highest BCUT2D eigenvalue weighted by Gasteiger charge is 2.20. The highest BCUT2D eigenvalue weighted by molar-refractivity contribution is 6.09. The van der Waals surface area contributed by atoms with E-state index in [4.69, 9.17) is 15.2 Å². The van der Waals surface area contributed by atoms with Crippen LogP contribution < -0.4 is 20.1 Å². The normalized spacial score (nSPS) is 10.0. The van der Waals surface area contributed by atoms with Crippen LogP contribution in [0.5, 0.6) is 11.5 Å². The number of hydrogen-bond acceptors (Lipinski definition) is 5. The highest BCUT2D eigenvalue weighted by atomic mass is 16.5. The van der Waals surface area contributed by atoms with Crippen LogP contribution in [-0.2, 0) is 0 Å². The SMILES string of the molecule is COc1ccc(OC)c(C(=O)N(C)c2ccncc2N)c1. The number of aromatic nitrogens is 1. The molecule has 1 amide bonds. The summed E-state index contributed by atoms with van der Waals surface area (Å²) in [4.78, 5) is 18.0. The molecule has 0 aliphatic heterocycles. The van der Waals surface area contributed by atoms with Crippen molar-refractivity contribution in [1.29, 1.82) is 0 Å². The second kappa shape index (κ2) is 6.13. The quantitative estimate of drug-likeness (QED) is 0.930. The van der Waals surface area contributed by atoms with Gasteiger partial charge in [-0.05, 0) is 24.3 Å². The number of carbonyl (C=O) groups excluding carboxylic acids is 1. The number of nitrogen functional groups attached to an aromatic ring is 1. The molecule has 0 spiro atoms. The van der Waals surface area contributed by atoms with Crippen LogP contribution in [0, 0.1) is 0 Å². The Hall–Kier alpha value is -2.76. The Morgan fingerprint density at radius 3 is 2.62 bits per heavy atom. The number of ether oxygens (including phenoxy) is 2. The fourth-order valence-corrected chi connectivity index (χ4v) is 1.98. The number of carbonyl (C=O) groups is 1. The number of hydrogen-bond donors (Lipinski definition) is 1. The van der Waals surface area contributed by atoms with Crippen molar-refractivity contribution in [3.8, 4) is 11.5 Å². The number of nitrogens with zero attached hydrogens (tertiary/aromatic N) is 2. The minimum atomic E-state index is -0.247. The molecule has 0 saturated heterocycles. The second-order valence-electron chi connectivity index (χ2n) is 4.36. The average molecular weight is 287 g/mol. The zero-order valence-corrected chi connectivity index (χ0v) is 12.2. The molecular weight excluding hydrogens is 270 g/mol. The standard InChI is InChI=1S/C15H17N3O3/c1-18(13-6-7-17-9-12(13)16)15(19)11-8-10(20-2)4-5-14(11)21-3/h4-9H,16H2,1-3H3. The Balaban J connectivity index is 2.42. The van der Waals surface area contributed by atoms with Crippen LogP contribution in [0.4, 0.5) is 11.4 Å². The lowest BCUT2D eigenvalue weighted by molar-refractivity contribution is 0.0990. The van der Waals surface area contributed by atoms with Gasteiger partial charge in [0.2, 0.25) is 0 Å². The zero-order valence-electron chi connectivity index (χ0n) is 12.2. The maximum Gasteiger partial charge on any atom is 0.261 e. The van der Waals surface area contributed by atoms with Crippen LogP contribution in [-0.4, -0.2) is 32.2 Å². The lowest BCUT2D eigenvalue weighted by Crippen LogP contribution is -2.27. The fraction of sp³-hybridized carbons (Fsp3) is 0.200. The van der Waals surface area contributed by atoms with Crippen LogP contribution in [0.15, 0.2) is 36.7 Å². The second-order valence-corrected chi connectivity index (χ2v) is 4.36.